The highest BCUT2D eigenvalue weighted by Crippen LogP contribution is 2.25. The molecule has 0 atom stereocenters. The van der Waals surface area contributed by atoms with Crippen molar-refractivity contribution in [3.05, 3.63) is 78.4 Å². The fraction of sp³-hybridized carbons (Fsp3) is 0.100. The third-order valence-electron chi connectivity index (χ3n) is 3.86. The van der Waals surface area contributed by atoms with Gasteiger partial charge in [-0.05, 0) is 54.1 Å². The molecule has 0 aliphatic heterocycles. The summed E-state index contributed by atoms with van der Waals surface area (Å²) < 4.78 is 38.1. The average molecular weight is 384 g/mol. The molecule has 3 N–H and O–H groups in total. The maximum Gasteiger partial charge on any atom is 0.240 e. The van der Waals surface area contributed by atoms with E-state index in [1.54, 1.807) is 49.6 Å². The van der Waals surface area contributed by atoms with Crippen LogP contribution < -0.4 is 19.9 Å². The first kappa shape index (κ1) is 18.8. The molecule has 0 aliphatic carbocycles. The van der Waals surface area contributed by atoms with Crippen molar-refractivity contribution in [3.8, 4) is 17.2 Å². The van der Waals surface area contributed by atoms with Gasteiger partial charge in [0.1, 0.15) is 17.2 Å². The van der Waals surface area contributed by atoms with Gasteiger partial charge in [0.15, 0.2) is 0 Å². The van der Waals surface area contributed by atoms with Crippen LogP contribution in [0.4, 0.5) is 5.69 Å². The van der Waals surface area contributed by atoms with Crippen LogP contribution in [0.15, 0.2) is 77.7 Å². The quantitative estimate of drug-likeness (QED) is 0.608. The van der Waals surface area contributed by atoms with Gasteiger partial charge in [-0.2, -0.15) is 0 Å². The number of anilines is 1. The molecule has 7 heteroatoms. The molecule has 3 aromatic carbocycles. The van der Waals surface area contributed by atoms with Crippen molar-refractivity contribution in [3.63, 3.8) is 0 Å². The van der Waals surface area contributed by atoms with Gasteiger partial charge in [0, 0.05) is 18.3 Å². The normalized spacial score (nSPS) is 11.1. The molecule has 0 aromatic heterocycles. The summed E-state index contributed by atoms with van der Waals surface area (Å²) in [5.41, 5.74) is 6.91. The van der Waals surface area contributed by atoms with E-state index in [2.05, 4.69) is 4.72 Å². The molecule has 0 saturated carbocycles. The maximum absolute atomic E-state index is 12.3. The Kier molecular flexibility index (Phi) is 5.63. The lowest BCUT2D eigenvalue weighted by atomic mass is 10.2. The molecule has 0 radical (unpaired) electrons. The second kappa shape index (κ2) is 8.11. The van der Waals surface area contributed by atoms with Gasteiger partial charge in [-0.25, -0.2) is 13.1 Å². The molecule has 27 heavy (non-hydrogen) atoms. The van der Waals surface area contributed by atoms with Crippen molar-refractivity contribution in [2.24, 2.45) is 0 Å². The van der Waals surface area contributed by atoms with Crippen LogP contribution in [0, 0.1) is 0 Å². The van der Waals surface area contributed by atoms with Gasteiger partial charge in [0.25, 0.3) is 0 Å². The van der Waals surface area contributed by atoms with Crippen LogP contribution >= 0.6 is 0 Å². The van der Waals surface area contributed by atoms with Crippen molar-refractivity contribution in [2.75, 3.05) is 12.8 Å². The molecule has 0 saturated heterocycles. The lowest BCUT2D eigenvalue weighted by Crippen LogP contribution is -2.23. The molecular formula is C20H20N2O4S. The van der Waals surface area contributed by atoms with E-state index < -0.39 is 10.0 Å². The highest BCUT2D eigenvalue weighted by atomic mass is 32.2. The van der Waals surface area contributed by atoms with Gasteiger partial charge < -0.3 is 15.2 Å². The van der Waals surface area contributed by atoms with E-state index in [-0.39, 0.29) is 11.4 Å². The minimum Gasteiger partial charge on any atom is -0.497 e. The first-order valence-corrected chi connectivity index (χ1v) is 9.71. The molecule has 140 valence electrons. The summed E-state index contributed by atoms with van der Waals surface area (Å²) in [6.45, 7) is 0.173. The van der Waals surface area contributed by atoms with E-state index >= 15 is 0 Å². The van der Waals surface area contributed by atoms with Gasteiger partial charge in [0.05, 0.1) is 12.0 Å². The molecule has 0 aliphatic rings. The zero-order valence-electron chi connectivity index (χ0n) is 14.8. The SMILES string of the molecule is COc1cccc(Oc2ccc(CNS(=O)(=O)c3ccc(N)cc3)cc2)c1. The molecule has 3 rings (SSSR count). The first-order chi connectivity index (χ1) is 13.0. The molecule has 6 nitrogen and oxygen atoms in total. The number of hydrogen-bond acceptors (Lipinski definition) is 5. The van der Waals surface area contributed by atoms with Gasteiger partial charge in [0.2, 0.25) is 10.0 Å². The molecule has 0 spiro atoms. The zero-order valence-corrected chi connectivity index (χ0v) is 15.6. The van der Waals surface area contributed by atoms with Crippen molar-refractivity contribution >= 4 is 15.7 Å². The number of ether oxygens (including phenoxy) is 2. The van der Waals surface area contributed by atoms with Crippen LogP contribution in [-0.2, 0) is 16.6 Å². The minimum absolute atomic E-state index is 0.173. The lowest BCUT2D eigenvalue weighted by molar-refractivity contribution is 0.409. The Morgan fingerprint density at radius 3 is 2.22 bits per heavy atom. The third kappa shape index (κ3) is 4.99. The van der Waals surface area contributed by atoms with Crippen molar-refractivity contribution in [1.29, 1.82) is 0 Å². The first-order valence-electron chi connectivity index (χ1n) is 8.22. The van der Waals surface area contributed by atoms with Gasteiger partial charge in [-0.15, -0.1) is 0 Å². The van der Waals surface area contributed by atoms with Crippen LogP contribution in [0.5, 0.6) is 17.2 Å². The number of rotatable bonds is 7. The highest BCUT2D eigenvalue weighted by Gasteiger charge is 2.13. The summed E-state index contributed by atoms with van der Waals surface area (Å²) in [7, 11) is -2.00. The number of nitrogen functional groups attached to an aromatic ring is 1. The fourth-order valence-corrected chi connectivity index (χ4v) is 3.40. The Balaban J connectivity index is 1.62. The van der Waals surface area contributed by atoms with Crippen molar-refractivity contribution in [2.45, 2.75) is 11.4 Å². The third-order valence-corrected chi connectivity index (χ3v) is 5.27. The van der Waals surface area contributed by atoms with Crippen molar-refractivity contribution < 1.29 is 17.9 Å². The Morgan fingerprint density at radius 1 is 0.889 bits per heavy atom. The van der Waals surface area contributed by atoms with Crippen LogP contribution in [0.2, 0.25) is 0 Å². The zero-order chi connectivity index (χ0) is 19.3. The summed E-state index contributed by atoms with van der Waals surface area (Å²) in [5.74, 6) is 2.01. The lowest BCUT2D eigenvalue weighted by Gasteiger charge is -2.09. The Morgan fingerprint density at radius 2 is 1.56 bits per heavy atom. The van der Waals surface area contributed by atoms with Gasteiger partial charge in [-0.1, -0.05) is 18.2 Å². The van der Waals surface area contributed by atoms with Crippen LogP contribution in [0.3, 0.4) is 0 Å². The predicted octanol–water partition coefficient (Wildman–Crippen LogP) is 3.55. The Hall–Kier alpha value is -3.03. The summed E-state index contributed by atoms with van der Waals surface area (Å²) in [6, 6.07) is 20.5. The van der Waals surface area contributed by atoms with Crippen molar-refractivity contribution in [1.82, 2.24) is 4.72 Å². The molecular weight excluding hydrogens is 364 g/mol. The summed E-state index contributed by atoms with van der Waals surface area (Å²) in [5, 5.41) is 0. The second-order valence-corrected chi connectivity index (χ2v) is 7.59. The molecule has 0 unspecified atom stereocenters. The molecule has 0 heterocycles. The van der Waals surface area contributed by atoms with Gasteiger partial charge in [-0.3, -0.25) is 0 Å². The predicted molar refractivity (Wildman–Crippen MR) is 104 cm³/mol. The van der Waals surface area contributed by atoms with E-state index in [9.17, 15) is 8.42 Å². The van der Waals surface area contributed by atoms with E-state index in [1.807, 2.05) is 18.2 Å². The summed E-state index contributed by atoms with van der Waals surface area (Å²) in [6.07, 6.45) is 0. The number of sulfonamides is 1. The second-order valence-electron chi connectivity index (χ2n) is 5.82. The molecule has 0 bridgehead atoms. The standard InChI is InChI=1S/C20H20N2O4S/c1-25-18-3-2-4-19(13-18)26-17-9-5-15(6-10-17)14-22-27(23,24)20-11-7-16(21)8-12-20/h2-13,22H,14,21H2,1H3. The van der Waals surface area contributed by atoms with E-state index in [0.29, 0.717) is 22.9 Å². The monoisotopic (exact) mass is 384 g/mol. The summed E-state index contributed by atoms with van der Waals surface area (Å²) >= 11 is 0. The van der Waals surface area contributed by atoms with Crippen LogP contribution in [-0.4, -0.2) is 15.5 Å². The van der Waals surface area contributed by atoms with E-state index in [0.717, 1.165) is 5.56 Å². The molecule has 0 amide bonds. The van der Waals surface area contributed by atoms with Crippen LogP contribution in [0.25, 0.3) is 0 Å². The van der Waals surface area contributed by atoms with E-state index in [4.69, 9.17) is 15.2 Å². The number of methoxy groups -OCH3 is 1. The number of nitrogens with one attached hydrogen (secondary N) is 1. The number of benzene rings is 3. The smallest absolute Gasteiger partial charge is 0.240 e. The van der Waals surface area contributed by atoms with Crippen LogP contribution in [0.1, 0.15) is 5.56 Å². The number of nitrogens with two attached hydrogens (primary N) is 1. The average Bonchev–Trinajstić information content (AvgIpc) is 2.68. The number of hydrogen-bond donors (Lipinski definition) is 2. The molecule has 3 aromatic rings. The largest absolute Gasteiger partial charge is 0.497 e. The topological polar surface area (TPSA) is 90.6 Å². The Labute approximate surface area is 158 Å². The maximum atomic E-state index is 12.3. The van der Waals surface area contributed by atoms with E-state index in [1.165, 1.54) is 12.1 Å². The summed E-state index contributed by atoms with van der Waals surface area (Å²) in [4.78, 5) is 0.176. The highest BCUT2D eigenvalue weighted by molar-refractivity contribution is 7.89. The van der Waals surface area contributed by atoms with Gasteiger partial charge >= 0.3 is 0 Å². The molecule has 0 fully saturated rings. The fourth-order valence-electron chi connectivity index (χ4n) is 2.38. The Bertz CT molecular complexity index is 1000. The minimum atomic E-state index is -3.59.